The van der Waals surface area contributed by atoms with Crippen LogP contribution in [0.4, 0.5) is 0 Å². The molecule has 1 unspecified atom stereocenters. The summed E-state index contributed by atoms with van der Waals surface area (Å²) in [5.74, 6) is -0.618. The summed E-state index contributed by atoms with van der Waals surface area (Å²) in [5, 5.41) is 0. The van der Waals surface area contributed by atoms with Gasteiger partial charge in [-0.15, -0.1) is 0 Å². The number of Topliss-reactive ketones (excluding diaryl/α,β-unsaturated/α-hetero) is 1. The van der Waals surface area contributed by atoms with Crippen LogP contribution < -0.4 is 0 Å². The summed E-state index contributed by atoms with van der Waals surface area (Å²) < 4.78 is 7.51. The highest BCUT2D eigenvalue weighted by Crippen LogP contribution is 2.59. The molecule has 3 aliphatic heterocycles. The van der Waals surface area contributed by atoms with Crippen LogP contribution in [-0.4, -0.2) is 38.9 Å². The first-order valence-corrected chi connectivity index (χ1v) is 7.52. The second-order valence-electron chi connectivity index (χ2n) is 5.24. The van der Waals surface area contributed by atoms with E-state index in [0.29, 0.717) is 6.42 Å². The number of ketones is 1. The van der Waals surface area contributed by atoms with Gasteiger partial charge in [0.1, 0.15) is 11.7 Å². The lowest BCUT2D eigenvalue weighted by Gasteiger charge is -2.47. The molecule has 19 heavy (non-hydrogen) atoms. The average molecular weight is 346 g/mol. The number of hydrogen-bond donors (Lipinski definition) is 0. The van der Waals surface area contributed by atoms with Crippen LogP contribution in [0.1, 0.15) is 19.8 Å². The molecule has 0 aliphatic carbocycles. The number of hydrogen-bond acceptors (Lipinski definition) is 3. The summed E-state index contributed by atoms with van der Waals surface area (Å²) >= 11 is 24.7. The Bertz CT molecular complexity index is 470. The summed E-state index contributed by atoms with van der Waals surface area (Å²) in [7, 11) is 0. The molecule has 7 heteroatoms. The van der Waals surface area contributed by atoms with Gasteiger partial charge in [0.15, 0.2) is 0 Å². The van der Waals surface area contributed by atoms with Crippen molar-refractivity contribution in [1.29, 1.82) is 0 Å². The summed E-state index contributed by atoms with van der Waals surface area (Å²) in [5.41, 5.74) is -0.267. The summed E-state index contributed by atoms with van der Waals surface area (Å²) in [6, 6.07) is 0. The molecule has 3 rings (SSSR count). The van der Waals surface area contributed by atoms with Gasteiger partial charge in [0.05, 0.1) is 12.7 Å². The van der Waals surface area contributed by atoms with Gasteiger partial charge in [-0.05, 0) is 25.3 Å². The van der Waals surface area contributed by atoms with Crippen LogP contribution in [0, 0.1) is 0 Å². The van der Waals surface area contributed by atoms with Crippen LogP contribution in [0.3, 0.4) is 0 Å². The van der Waals surface area contributed by atoms with E-state index in [0.717, 1.165) is 18.6 Å². The highest BCUT2D eigenvalue weighted by Gasteiger charge is 2.71. The Morgan fingerprint density at radius 3 is 2.58 bits per heavy atom. The van der Waals surface area contributed by atoms with Gasteiger partial charge in [-0.3, -0.25) is 4.79 Å². The molecule has 106 valence electrons. The molecule has 2 saturated heterocycles. The molecule has 0 amide bonds. The molecule has 3 aliphatic rings. The number of carbonyl (C=O) groups is 1. The molecular formula is C12H12Cl4O3. The molecule has 2 bridgehead atoms. The van der Waals surface area contributed by atoms with Gasteiger partial charge in [0.2, 0.25) is 14.4 Å². The van der Waals surface area contributed by atoms with E-state index >= 15 is 0 Å². The fourth-order valence-corrected chi connectivity index (χ4v) is 4.31. The zero-order chi connectivity index (χ0) is 14.1. The minimum absolute atomic E-state index is 0.197. The van der Waals surface area contributed by atoms with Crippen molar-refractivity contribution in [2.24, 2.45) is 0 Å². The van der Waals surface area contributed by atoms with Gasteiger partial charge in [-0.25, -0.2) is 0 Å². The van der Waals surface area contributed by atoms with Crippen LogP contribution in [0.25, 0.3) is 0 Å². The average Bonchev–Trinajstić information content (AvgIpc) is 3.08. The highest BCUT2D eigenvalue weighted by molar-refractivity contribution is 6.70. The van der Waals surface area contributed by atoms with E-state index in [1.807, 2.05) is 6.92 Å². The van der Waals surface area contributed by atoms with Gasteiger partial charge in [0, 0.05) is 0 Å². The molecule has 0 saturated carbocycles. The summed E-state index contributed by atoms with van der Waals surface area (Å²) in [6.07, 6.45) is 2.44. The second kappa shape index (κ2) is 4.25. The molecule has 0 aromatic carbocycles. The third kappa shape index (κ3) is 1.90. The minimum Gasteiger partial charge on any atom is -0.373 e. The van der Waals surface area contributed by atoms with Crippen molar-refractivity contribution in [3.8, 4) is 0 Å². The van der Waals surface area contributed by atoms with Gasteiger partial charge < -0.3 is 9.47 Å². The van der Waals surface area contributed by atoms with E-state index in [1.165, 1.54) is 0 Å². The standard InChI is InChI=1S/C12H12Cl4O3/c1-6-4-8-11(13,14)9(17)12(15,16)10(6,19-8)3-2-7-5-18-7/h4,7-8H,2-3,5H2,1H3/t7?,8-,10+/m0/s1. The number of rotatable bonds is 3. The predicted molar refractivity (Wildman–Crippen MR) is 74.2 cm³/mol. The van der Waals surface area contributed by atoms with Gasteiger partial charge in [-0.2, -0.15) is 0 Å². The molecule has 0 N–H and O–H groups in total. The maximum atomic E-state index is 12.4. The molecule has 0 radical (unpaired) electrons. The van der Waals surface area contributed by atoms with E-state index in [1.54, 1.807) is 6.08 Å². The van der Waals surface area contributed by atoms with Crippen molar-refractivity contribution in [1.82, 2.24) is 0 Å². The topological polar surface area (TPSA) is 38.8 Å². The zero-order valence-electron chi connectivity index (χ0n) is 10.1. The molecular weight excluding hydrogens is 334 g/mol. The quantitative estimate of drug-likeness (QED) is 0.448. The van der Waals surface area contributed by atoms with Crippen molar-refractivity contribution in [2.75, 3.05) is 6.61 Å². The van der Waals surface area contributed by atoms with E-state index in [-0.39, 0.29) is 6.10 Å². The van der Waals surface area contributed by atoms with Crippen LogP contribution in [-0.2, 0) is 14.3 Å². The van der Waals surface area contributed by atoms with Crippen LogP contribution in [0.5, 0.6) is 0 Å². The Hall–Kier alpha value is 0.490. The number of alkyl halides is 4. The zero-order valence-corrected chi connectivity index (χ0v) is 13.1. The summed E-state index contributed by atoms with van der Waals surface area (Å²) in [4.78, 5) is 12.4. The molecule has 2 fully saturated rings. The van der Waals surface area contributed by atoms with Gasteiger partial charge >= 0.3 is 0 Å². The molecule has 3 nitrogen and oxygen atoms in total. The van der Waals surface area contributed by atoms with Crippen molar-refractivity contribution in [3.63, 3.8) is 0 Å². The Morgan fingerprint density at radius 1 is 1.37 bits per heavy atom. The normalized spacial score (nSPS) is 42.2. The van der Waals surface area contributed by atoms with Gasteiger partial charge in [-0.1, -0.05) is 52.5 Å². The fraction of sp³-hybridized carbons (Fsp3) is 0.750. The molecule has 0 aromatic rings. The first kappa shape index (κ1) is 14.4. The maximum Gasteiger partial charge on any atom is 0.211 e. The van der Waals surface area contributed by atoms with Crippen LogP contribution in [0.15, 0.2) is 11.6 Å². The van der Waals surface area contributed by atoms with Crippen molar-refractivity contribution in [2.45, 2.75) is 46.2 Å². The highest BCUT2D eigenvalue weighted by atomic mass is 35.5. The van der Waals surface area contributed by atoms with Crippen molar-refractivity contribution in [3.05, 3.63) is 11.6 Å². The molecule has 3 heterocycles. The van der Waals surface area contributed by atoms with E-state index in [2.05, 4.69) is 0 Å². The third-order valence-corrected chi connectivity index (χ3v) is 5.77. The lowest BCUT2D eigenvalue weighted by atomic mass is 9.83. The fourth-order valence-electron chi connectivity index (χ4n) is 2.74. The Balaban J connectivity index is 1.98. The van der Waals surface area contributed by atoms with Crippen LogP contribution >= 0.6 is 46.4 Å². The number of halogens is 4. The maximum absolute atomic E-state index is 12.4. The van der Waals surface area contributed by atoms with Crippen LogP contribution in [0.2, 0.25) is 0 Å². The Kier molecular flexibility index (Phi) is 3.23. The smallest absolute Gasteiger partial charge is 0.211 e. The van der Waals surface area contributed by atoms with E-state index in [4.69, 9.17) is 55.9 Å². The SMILES string of the molecule is CC1=C[C@@H]2O[C@@]1(CCC1CO1)C(Cl)(Cl)C(=O)C2(Cl)Cl. The Labute approximate surface area is 131 Å². The molecule has 0 spiro atoms. The third-order valence-electron chi connectivity index (χ3n) is 4.04. The number of carbonyl (C=O) groups excluding carboxylic acids is 1. The van der Waals surface area contributed by atoms with Crippen molar-refractivity contribution < 1.29 is 14.3 Å². The minimum atomic E-state index is -1.79. The first-order chi connectivity index (χ1) is 8.72. The monoisotopic (exact) mass is 344 g/mol. The summed E-state index contributed by atoms with van der Waals surface area (Å²) in [6.45, 7) is 2.55. The number of fused-ring (bicyclic) bond motifs is 2. The molecule has 0 aromatic heterocycles. The predicted octanol–water partition coefficient (Wildman–Crippen LogP) is 3.18. The lowest BCUT2D eigenvalue weighted by Crippen LogP contribution is -2.64. The van der Waals surface area contributed by atoms with Crippen molar-refractivity contribution >= 4 is 52.2 Å². The van der Waals surface area contributed by atoms with E-state index < -0.39 is 26.2 Å². The second-order valence-corrected chi connectivity index (χ2v) is 7.95. The Morgan fingerprint density at radius 2 is 2.00 bits per heavy atom. The first-order valence-electron chi connectivity index (χ1n) is 6.00. The van der Waals surface area contributed by atoms with Gasteiger partial charge in [0.25, 0.3) is 0 Å². The van der Waals surface area contributed by atoms with E-state index in [9.17, 15) is 4.79 Å². The molecule has 3 atom stereocenters. The number of epoxide rings is 1. The lowest BCUT2D eigenvalue weighted by molar-refractivity contribution is -0.143. The number of ether oxygens (including phenoxy) is 2. The largest absolute Gasteiger partial charge is 0.373 e.